The maximum atomic E-state index is 12.7. The quantitative estimate of drug-likeness (QED) is 0.822. The normalized spacial score (nSPS) is 22.6. The molecule has 3 aliphatic rings. The zero-order valence-electron chi connectivity index (χ0n) is 16.8. The molecule has 0 spiro atoms. The minimum Gasteiger partial charge on any atom is -0.348 e. The van der Waals surface area contributed by atoms with Crippen LogP contribution in [0.4, 0.5) is 0 Å². The van der Waals surface area contributed by atoms with Crippen molar-refractivity contribution < 1.29 is 9.59 Å². The second kappa shape index (κ2) is 9.08. The maximum Gasteiger partial charge on any atom is 0.234 e. The summed E-state index contributed by atoms with van der Waals surface area (Å²) in [5.74, 6) is 1.28. The average molecular weight is 384 g/mol. The van der Waals surface area contributed by atoms with Gasteiger partial charge in [-0.05, 0) is 37.2 Å². The van der Waals surface area contributed by atoms with Gasteiger partial charge < -0.3 is 10.2 Å². The Balaban J connectivity index is 1.24. The zero-order valence-corrected chi connectivity index (χ0v) is 16.8. The molecule has 28 heavy (non-hydrogen) atoms. The number of benzene rings is 1. The van der Waals surface area contributed by atoms with E-state index in [9.17, 15) is 9.59 Å². The van der Waals surface area contributed by atoms with E-state index in [-0.39, 0.29) is 17.9 Å². The molecule has 1 aromatic rings. The number of nitrogens with zero attached hydrogens (tertiary/aromatic N) is 2. The molecule has 4 rings (SSSR count). The van der Waals surface area contributed by atoms with Crippen molar-refractivity contribution in [2.24, 2.45) is 11.8 Å². The molecule has 152 valence electrons. The average Bonchev–Trinajstić information content (AvgIpc) is 3.58. The lowest BCUT2D eigenvalue weighted by molar-refractivity contribution is -0.138. The Kier molecular flexibility index (Phi) is 6.30. The third kappa shape index (κ3) is 4.93. The minimum absolute atomic E-state index is 0.104. The molecule has 1 aliphatic heterocycles. The minimum atomic E-state index is 0.104. The van der Waals surface area contributed by atoms with Crippen LogP contribution in [0.1, 0.15) is 56.6 Å². The summed E-state index contributed by atoms with van der Waals surface area (Å²) >= 11 is 0. The van der Waals surface area contributed by atoms with Crippen molar-refractivity contribution in [1.82, 2.24) is 15.1 Å². The van der Waals surface area contributed by atoms with Gasteiger partial charge in [0.05, 0.1) is 12.6 Å². The molecule has 0 radical (unpaired) electrons. The molecule has 1 N–H and O–H groups in total. The molecule has 1 aromatic carbocycles. The first-order valence-corrected chi connectivity index (χ1v) is 11.1. The molecule has 3 fully saturated rings. The van der Waals surface area contributed by atoms with Crippen LogP contribution in [0.2, 0.25) is 0 Å². The second-order valence-electron chi connectivity index (χ2n) is 8.73. The van der Waals surface area contributed by atoms with Crippen molar-refractivity contribution >= 4 is 11.8 Å². The maximum absolute atomic E-state index is 12.7. The van der Waals surface area contributed by atoms with Crippen LogP contribution in [0.15, 0.2) is 30.3 Å². The number of carbonyl (C=O) groups is 2. The van der Waals surface area contributed by atoms with Crippen LogP contribution >= 0.6 is 0 Å². The van der Waals surface area contributed by atoms with E-state index in [0.29, 0.717) is 18.4 Å². The first-order valence-electron chi connectivity index (χ1n) is 11.1. The summed E-state index contributed by atoms with van der Waals surface area (Å²) < 4.78 is 0. The van der Waals surface area contributed by atoms with Crippen molar-refractivity contribution in [1.29, 1.82) is 0 Å². The van der Waals surface area contributed by atoms with Gasteiger partial charge in [-0.1, -0.05) is 49.6 Å². The summed E-state index contributed by atoms with van der Waals surface area (Å²) in [6.45, 7) is 3.54. The number of carbonyl (C=O) groups excluding carboxylic acids is 2. The van der Waals surface area contributed by atoms with Crippen LogP contribution in [0.3, 0.4) is 0 Å². The fraction of sp³-hybridized carbons (Fsp3) is 0.652. The summed E-state index contributed by atoms with van der Waals surface area (Å²) in [5, 5.41) is 3.27. The lowest BCUT2D eigenvalue weighted by Gasteiger charge is -2.37. The monoisotopic (exact) mass is 383 g/mol. The topological polar surface area (TPSA) is 52.7 Å². The summed E-state index contributed by atoms with van der Waals surface area (Å²) in [5.41, 5.74) is 1.21. The fourth-order valence-corrected chi connectivity index (χ4v) is 4.72. The van der Waals surface area contributed by atoms with Gasteiger partial charge in [0, 0.05) is 32.1 Å². The molecule has 1 atom stereocenters. The van der Waals surface area contributed by atoms with Crippen molar-refractivity contribution in [2.75, 3.05) is 32.7 Å². The Bertz CT molecular complexity index is 660. The van der Waals surface area contributed by atoms with Crippen LogP contribution in [0.25, 0.3) is 0 Å². The van der Waals surface area contributed by atoms with Crippen molar-refractivity contribution in [3.63, 3.8) is 0 Å². The highest BCUT2D eigenvalue weighted by molar-refractivity contribution is 5.80. The number of nitrogens with one attached hydrogen (secondary N) is 1. The number of rotatable bonds is 6. The van der Waals surface area contributed by atoms with Crippen LogP contribution in [0.5, 0.6) is 0 Å². The summed E-state index contributed by atoms with van der Waals surface area (Å²) in [7, 11) is 0. The number of hydrogen-bond acceptors (Lipinski definition) is 3. The molecule has 0 bridgehead atoms. The standard InChI is InChI=1S/C23H33N3O2/c27-21(24-22(19-11-12-19)18-7-3-1-4-8-18)17-25-13-15-26(16-14-25)23(28)20-9-5-2-6-10-20/h1,3-4,7-8,19-20,22H,2,5-6,9-17H2,(H,24,27). The van der Waals surface area contributed by atoms with E-state index in [1.165, 1.54) is 37.7 Å². The fourth-order valence-electron chi connectivity index (χ4n) is 4.72. The smallest absolute Gasteiger partial charge is 0.234 e. The highest BCUT2D eigenvalue weighted by Gasteiger charge is 2.34. The molecular formula is C23H33N3O2. The second-order valence-corrected chi connectivity index (χ2v) is 8.73. The van der Waals surface area contributed by atoms with E-state index in [1.807, 2.05) is 23.1 Å². The first-order chi connectivity index (χ1) is 13.7. The van der Waals surface area contributed by atoms with Gasteiger partial charge in [-0.2, -0.15) is 0 Å². The van der Waals surface area contributed by atoms with Gasteiger partial charge in [0.1, 0.15) is 0 Å². The predicted octanol–water partition coefficient (Wildman–Crippen LogP) is 2.98. The van der Waals surface area contributed by atoms with Crippen LogP contribution < -0.4 is 5.32 Å². The van der Waals surface area contributed by atoms with Gasteiger partial charge in [0.25, 0.3) is 0 Å². The van der Waals surface area contributed by atoms with Gasteiger partial charge in [-0.15, -0.1) is 0 Å². The Morgan fingerprint density at radius 2 is 1.61 bits per heavy atom. The van der Waals surface area contributed by atoms with Crippen molar-refractivity contribution in [3.05, 3.63) is 35.9 Å². The lowest BCUT2D eigenvalue weighted by atomic mass is 9.88. The summed E-state index contributed by atoms with van der Waals surface area (Å²) in [4.78, 5) is 29.6. The highest BCUT2D eigenvalue weighted by Crippen LogP contribution is 2.40. The van der Waals surface area contributed by atoms with E-state index >= 15 is 0 Å². The first kappa shape index (κ1) is 19.4. The molecule has 1 heterocycles. The molecule has 2 aliphatic carbocycles. The van der Waals surface area contributed by atoms with E-state index in [4.69, 9.17) is 0 Å². The predicted molar refractivity (Wildman–Crippen MR) is 110 cm³/mol. The Morgan fingerprint density at radius 3 is 2.25 bits per heavy atom. The number of hydrogen-bond donors (Lipinski definition) is 1. The van der Waals surface area contributed by atoms with E-state index in [0.717, 1.165) is 39.0 Å². The SMILES string of the molecule is O=C(CN1CCN(C(=O)C2CCCCC2)CC1)NC(c1ccccc1)C1CC1. The molecule has 2 saturated carbocycles. The summed E-state index contributed by atoms with van der Waals surface area (Å²) in [6.07, 6.45) is 8.17. The molecule has 5 nitrogen and oxygen atoms in total. The Hall–Kier alpha value is -1.88. The lowest BCUT2D eigenvalue weighted by Crippen LogP contribution is -2.52. The third-order valence-electron chi connectivity index (χ3n) is 6.57. The highest BCUT2D eigenvalue weighted by atomic mass is 16.2. The van der Waals surface area contributed by atoms with Crippen LogP contribution in [-0.2, 0) is 9.59 Å². The van der Waals surface area contributed by atoms with Gasteiger partial charge in [-0.3, -0.25) is 14.5 Å². The molecule has 0 aromatic heterocycles. The molecule has 2 amide bonds. The molecule has 1 saturated heterocycles. The van der Waals surface area contributed by atoms with Crippen molar-refractivity contribution in [2.45, 2.75) is 51.0 Å². The van der Waals surface area contributed by atoms with Crippen LogP contribution in [0, 0.1) is 11.8 Å². The van der Waals surface area contributed by atoms with Crippen LogP contribution in [-0.4, -0.2) is 54.3 Å². The van der Waals surface area contributed by atoms with Gasteiger partial charge >= 0.3 is 0 Å². The van der Waals surface area contributed by atoms with Gasteiger partial charge in [0.15, 0.2) is 0 Å². The number of piperazine rings is 1. The summed E-state index contributed by atoms with van der Waals surface area (Å²) in [6, 6.07) is 10.5. The van der Waals surface area contributed by atoms with E-state index in [1.54, 1.807) is 0 Å². The molecule has 1 unspecified atom stereocenters. The van der Waals surface area contributed by atoms with E-state index in [2.05, 4.69) is 22.3 Å². The van der Waals surface area contributed by atoms with Gasteiger partial charge in [0.2, 0.25) is 11.8 Å². The van der Waals surface area contributed by atoms with Crippen molar-refractivity contribution in [3.8, 4) is 0 Å². The molecule has 5 heteroatoms. The Morgan fingerprint density at radius 1 is 0.929 bits per heavy atom. The molecular weight excluding hydrogens is 350 g/mol. The zero-order chi connectivity index (χ0) is 19.3. The van der Waals surface area contributed by atoms with Gasteiger partial charge in [-0.25, -0.2) is 0 Å². The third-order valence-corrected chi connectivity index (χ3v) is 6.57. The largest absolute Gasteiger partial charge is 0.348 e. The Labute approximate surface area is 168 Å². The number of amides is 2. The van der Waals surface area contributed by atoms with E-state index < -0.39 is 0 Å².